The molecule has 0 aromatic carbocycles. The molecule has 14 heavy (non-hydrogen) atoms. The van der Waals surface area contributed by atoms with Gasteiger partial charge in [0.2, 0.25) is 0 Å². The van der Waals surface area contributed by atoms with Crippen LogP contribution in [0.3, 0.4) is 0 Å². The van der Waals surface area contributed by atoms with E-state index in [0.29, 0.717) is 6.04 Å². The van der Waals surface area contributed by atoms with Crippen molar-refractivity contribution in [2.45, 2.75) is 13.0 Å². The SMILES string of the molecule is CSCC(C)NCCN1CCOCC1. The van der Waals surface area contributed by atoms with Crippen molar-refractivity contribution in [3.63, 3.8) is 0 Å². The summed E-state index contributed by atoms with van der Waals surface area (Å²) in [5, 5.41) is 3.53. The summed E-state index contributed by atoms with van der Waals surface area (Å²) in [4.78, 5) is 2.46. The molecule has 84 valence electrons. The monoisotopic (exact) mass is 218 g/mol. The van der Waals surface area contributed by atoms with Crippen LogP contribution in [-0.2, 0) is 4.74 Å². The second kappa shape index (κ2) is 7.51. The van der Waals surface area contributed by atoms with Crippen LogP contribution in [0.4, 0.5) is 0 Å². The summed E-state index contributed by atoms with van der Waals surface area (Å²) in [6.45, 7) is 8.50. The summed E-state index contributed by atoms with van der Waals surface area (Å²) < 4.78 is 5.30. The van der Waals surface area contributed by atoms with E-state index in [-0.39, 0.29) is 0 Å². The molecule has 0 spiro atoms. The molecular weight excluding hydrogens is 196 g/mol. The van der Waals surface area contributed by atoms with Crippen LogP contribution >= 0.6 is 11.8 Å². The molecule has 0 aliphatic carbocycles. The molecule has 1 fully saturated rings. The maximum Gasteiger partial charge on any atom is 0.0594 e. The van der Waals surface area contributed by atoms with Crippen LogP contribution in [0.5, 0.6) is 0 Å². The summed E-state index contributed by atoms with van der Waals surface area (Å²) in [6, 6.07) is 0.631. The second-order valence-corrected chi connectivity index (χ2v) is 4.68. The Hall–Kier alpha value is 0.230. The van der Waals surface area contributed by atoms with Crippen LogP contribution in [0, 0.1) is 0 Å². The number of thioether (sulfide) groups is 1. The van der Waals surface area contributed by atoms with E-state index >= 15 is 0 Å². The fraction of sp³-hybridized carbons (Fsp3) is 1.00. The molecule has 0 saturated carbocycles. The predicted molar refractivity (Wildman–Crippen MR) is 63.1 cm³/mol. The zero-order valence-corrected chi connectivity index (χ0v) is 10.1. The van der Waals surface area contributed by atoms with E-state index in [9.17, 15) is 0 Å². The average molecular weight is 218 g/mol. The zero-order chi connectivity index (χ0) is 10.2. The molecule has 0 amide bonds. The fourth-order valence-electron chi connectivity index (χ4n) is 1.60. The number of hydrogen-bond acceptors (Lipinski definition) is 4. The van der Waals surface area contributed by atoms with E-state index in [0.717, 1.165) is 39.4 Å². The largest absolute Gasteiger partial charge is 0.379 e. The Morgan fingerprint density at radius 1 is 1.43 bits per heavy atom. The van der Waals surface area contributed by atoms with Crippen molar-refractivity contribution in [1.29, 1.82) is 0 Å². The van der Waals surface area contributed by atoms with Crippen molar-refractivity contribution < 1.29 is 4.74 Å². The Morgan fingerprint density at radius 3 is 2.79 bits per heavy atom. The van der Waals surface area contributed by atoms with Crippen LogP contribution in [0.2, 0.25) is 0 Å². The van der Waals surface area contributed by atoms with Crippen molar-refractivity contribution in [2.75, 3.05) is 51.4 Å². The van der Waals surface area contributed by atoms with Gasteiger partial charge in [0.05, 0.1) is 13.2 Å². The smallest absolute Gasteiger partial charge is 0.0594 e. The Kier molecular flexibility index (Phi) is 6.60. The minimum Gasteiger partial charge on any atom is -0.379 e. The zero-order valence-electron chi connectivity index (χ0n) is 9.29. The highest BCUT2D eigenvalue weighted by molar-refractivity contribution is 7.98. The summed E-state index contributed by atoms with van der Waals surface area (Å²) >= 11 is 1.90. The number of morpholine rings is 1. The Labute approximate surface area is 91.6 Å². The number of rotatable bonds is 6. The average Bonchev–Trinajstić information content (AvgIpc) is 2.20. The third-order valence-electron chi connectivity index (χ3n) is 2.44. The normalized spacial score (nSPS) is 21.0. The van der Waals surface area contributed by atoms with Crippen LogP contribution in [-0.4, -0.2) is 62.3 Å². The lowest BCUT2D eigenvalue weighted by Crippen LogP contribution is -2.42. The van der Waals surface area contributed by atoms with Crippen LogP contribution in [0.25, 0.3) is 0 Å². The third-order valence-corrected chi connectivity index (χ3v) is 3.27. The van der Waals surface area contributed by atoms with E-state index in [1.165, 1.54) is 5.75 Å². The van der Waals surface area contributed by atoms with Gasteiger partial charge in [0, 0.05) is 38.0 Å². The lowest BCUT2D eigenvalue weighted by molar-refractivity contribution is 0.0382. The third kappa shape index (κ3) is 5.20. The van der Waals surface area contributed by atoms with E-state index in [1.807, 2.05) is 11.8 Å². The molecule has 1 aliphatic rings. The van der Waals surface area contributed by atoms with Gasteiger partial charge in [0.1, 0.15) is 0 Å². The van der Waals surface area contributed by atoms with Gasteiger partial charge in [-0.1, -0.05) is 0 Å². The fourth-order valence-corrected chi connectivity index (χ4v) is 2.22. The first kappa shape index (κ1) is 12.3. The van der Waals surface area contributed by atoms with Gasteiger partial charge < -0.3 is 10.1 Å². The Bertz CT molecular complexity index is 140. The number of ether oxygens (including phenoxy) is 1. The van der Waals surface area contributed by atoms with Gasteiger partial charge in [-0.2, -0.15) is 11.8 Å². The van der Waals surface area contributed by atoms with Crippen molar-refractivity contribution in [2.24, 2.45) is 0 Å². The summed E-state index contributed by atoms with van der Waals surface area (Å²) in [6.07, 6.45) is 2.15. The minimum atomic E-state index is 0.631. The van der Waals surface area contributed by atoms with Crippen molar-refractivity contribution in [3.05, 3.63) is 0 Å². The molecule has 1 aliphatic heterocycles. The lowest BCUT2D eigenvalue weighted by atomic mass is 10.3. The first-order valence-corrected chi connectivity index (χ1v) is 6.74. The van der Waals surface area contributed by atoms with Gasteiger partial charge in [-0.05, 0) is 13.2 Å². The molecule has 0 radical (unpaired) electrons. The molecular formula is C10H22N2OS. The highest BCUT2D eigenvalue weighted by Gasteiger charge is 2.09. The minimum absolute atomic E-state index is 0.631. The van der Waals surface area contributed by atoms with Gasteiger partial charge in [0.15, 0.2) is 0 Å². The summed E-state index contributed by atoms with van der Waals surface area (Å²) in [5.74, 6) is 1.20. The molecule has 3 nitrogen and oxygen atoms in total. The van der Waals surface area contributed by atoms with E-state index < -0.39 is 0 Å². The highest BCUT2D eigenvalue weighted by Crippen LogP contribution is 1.97. The molecule has 1 N–H and O–H groups in total. The summed E-state index contributed by atoms with van der Waals surface area (Å²) in [7, 11) is 0. The molecule has 1 unspecified atom stereocenters. The van der Waals surface area contributed by atoms with E-state index in [4.69, 9.17) is 4.74 Å². The van der Waals surface area contributed by atoms with E-state index in [2.05, 4.69) is 23.4 Å². The first-order valence-electron chi connectivity index (χ1n) is 5.35. The molecule has 0 aromatic heterocycles. The van der Waals surface area contributed by atoms with Crippen molar-refractivity contribution in [3.8, 4) is 0 Å². The van der Waals surface area contributed by atoms with Crippen LogP contribution in [0.1, 0.15) is 6.92 Å². The highest BCUT2D eigenvalue weighted by atomic mass is 32.2. The van der Waals surface area contributed by atoms with E-state index in [1.54, 1.807) is 0 Å². The topological polar surface area (TPSA) is 24.5 Å². The second-order valence-electron chi connectivity index (χ2n) is 3.76. The first-order chi connectivity index (χ1) is 6.83. The molecule has 1 heterocycles. The quantitative estimate of drug-likeness (QED) is 0.708. The molecule has 4 heteroatoms. The molecule has 0 bridgehead atoms. The van der Waals surface area contributed by atoms with Gasteiger partial charge >= 0.3 is 0 Å². The maximum atomic E-state index is 5.30. The standard InChI is InChI=1S/C10H22N2OS/c1-10(9-14-2)11-3-4-12-5-7-13-8-6-12/h10-11H,3-9H2,1-2H3. The number of hydrogen-bond donors (Lipinski definition) is 1. The number of nitrogens with zero attached hydrogens (tertiary/aromatic N) is 1. The van der Waals surface area contributed by atoms with Crippen molar-refractivity contribution >= 4 is 11.8 Å². The molecule has 0 aromatic rings. The van der Waals surface area contributed by atoms with Crippen LogP contribution < -0.4 is 5.32 Å². The maximum absolute atomic E-state index is 5.30. The predicted octanol–water partition coefficient (Wildman–Crippen LogP) is 0.660. The molecule has 1 rings (SSSR count). The summed E-state index contributed by atoms with van der Waals surface area (Å²) in [5.41, 5.74) is 0. The van der Waals surface area contributed by atoms with Gasteiger partial charge in [-0.15, -0.1) is 0 Å². The van der Waals surface area contributed by atoms with Gasteiger partial charge in [-0.3, -0.25) is 4.90 Å². The molecule has 1 atom stereocenters. The number of nitrogens with one attached hydrogen (secondary N) is 1. The Morgan fingerprint density at radius 2 is 2.14 bits per heavy atom. The van der Waals surface area contributed by atoms with Crippen LogP contribution in [0.15, 0.2) is 0 Å². The van der Waals surface area contributed by atoms with Gasteiger partial charge in [-0.25, -0.2) is 0 Å². The Balaban J connectivity index is 1.96. The van der Waals surface area contributed by atoms with Gasteiger partial charge in [0.25, 0.3) is 0 Å². The lowest BCUT2D eigenvalue weighted by Gasteiger charge is -2.27. The molecule has 1 saturated heterocycles. The van der Waals surface area contributed by atoms with Crippen molar-refractivity contribution in [1.82, 2.24) is 10.2 Å².